The number of carbonyl (C=O) groups is 1. The molecule has 0 saturated carbocycles. The molecule has 0 saturated heterocycles. The lowest BCUT2D eigenvalue weighted by Gasteiger charge is -2.23. The van der Waals surface area contributed by atoms with Gasteiger partial charge in [-0.25, -0.2) is 0 Å². The lowest BCUT2D eigenvalue weighted by molar-refractivity contribution is -0.118. The van der Waals surface area contributed by atoms with Crippen LogP contribution in [0, 0.1) is 0 Å². The van der Waals surface area contributed by atoms with Crippen molar-refractivity contribution in [2.24, 2.45) is 0 Å². The topological polar surface area (TPSA) is 50.4 Å². The van der Waals surface area contributed by atoms with Crippen LogP contribution in [0.25, 0.3) is 0 Å². The normalized spacial score (nSPS) is 16.6. The Hall–Kier alpha value is -1.85. The SMILES string of the molecule is CC(N[C@H](C)c1cccs1)c1ccc2c(c1)NC(=O)CO2. The molecule has 2 atom stereocenters. The van der Waals surface area contributed by atoms with Gasteiger partial charge in [0.15, 0.2) is 6.61 Å². The Morgan fingerprint density at radius 1 is 1.29 bits per heavy atom. The number of thiophene rings is 1. The van der Waals surface area contributed by atoms with E-state index in [1.165, 1.54) is 4.88 Å². The number of anilines is 1. The summed E-state index contributed by atoms with van der Waals surface area (Å²) in [7, 11) is 0. The second kappa shape index (κ2) is 5.87. The molecule has 0 fully saturated rings. The quantitative estimate of drug-likeness (QED) is 0.909. The van der Waals surface area contributed by atoms with E-state index in [1.54, 1.807) is 11.3 Å². The lowest BCUT2D eigenvalue weighted by Crippen LogP contribution is -2.26. The van der Waals surface area contributed by atoms with Crippen LogP contribution in [0.3, 0.4) is 0 Å². The molecule has 1 unspecified atom stereocenters. The van der Waals surface area contributed by atoms with Gasteiger partial charge in [0.1, 0.15) is 5.75 Å². The van der Waals surface area contributed by atoms with Gasteiger partial charge in [0.25, 0.3) is 5.91 Å². The Balaban J connectivity index is 1.74. The van der Waals surface area contributed by atoms with Gasteiger partial charge in [-0.05, 0) is 43.0 Å². The fourth-order valence-electron chi connectivity index (χ4n) is 2.46. The molecule has 1 aromatic carbocycles. The molecule has 3 rings (SSSR count). The molecule has 2 aromatic rings. The van der Waals surface area contributed by atoms with Gasteiger partial charge in [-0.15, -0.1) is 11.3 Å². The van der Waals surface area contributed by atoms with E-state index in [4.69, 9.17) is 4.74 Å². The van der Waals surface area contributed by atoms with Crippen LogP contribution < -0.4 is 15.4 Å². The van der Waals surface area contributed by atoms with Gasteiger partial charge in [-0.2, -0.15) is 0 Å². The van der Waals surface area contributed by atoms with Gasteiger partial charge in [0.05, 0.1) is 5.69 Å². The van der Waals surface area contributed by atoms with Crippen molar-refractivity contribution >= 4 is 22.9 Å². The number of rotatable bonds is 4. The molecule has 1 aromatic heterocycles. The summed E-state index contributed by atoms with van der Waals surface area (Å²) in [6.45, 7) is 4.37. The van der Waals surface area contributed by atoms with Crippen molar-refractivity contribution in [1.29, 1.82) is 0 Å². The van der Waals surface area contributed by atoms with Crippen LogP contribution in [0.4, 0.5) is 5.69 Å². The van der Waals surface area contributed by atoms with Crippen molar-refractivity contribution in [2.75, 3.05) is 11.9 Å². The van der Waals surface area contributed by atoms with E-state index in [0.717, 1.165) is 17.0 Å². The predicted octanol–water partition coefficient (Wildman–Crippen LogP) is 3.49. The van der Waals surface area contributed by atoms with Gasteiger partial charge < -0.3 is 15.4 Å². The first kappa shape index (κ1) is 14.1. The maximum absolute atomic E-state index is 11.4. The summed E-state index contributed by atoms with van der Waals surface area (Å²) in [4.78, 5) is 12.7. The second-order valence-corrected chi connectivity index (χ2v) is 6.20. The van der Waals surface area contributed by atoms with Crippen LogP contribution in [0.1, 0.15) is 36.4 Å². The zero-order valence-corrected chi connectivity index (χ0v) is 12.9. The number of fused-ring (bicyclic) bond motifs is 1. The number of hydrogen-bond acceptors (Lipinski definition) is 4. The van der Waals surface area contributed by atoms with Gasteiger partial charge in [0, 0.05) is 17.0 Å². The Morgan fingerprint density at radius 3 is 2.90 bits per heavy atom. The Bertz CT molecular complexity index is 640. The third kappa shape index (κ3) is 3.09. The number of carbonyl (C=O) groups excluding carboxylic acids is 1. The zero-order valence-electron chi connectivity index (χ0n) is 12.1. The van der Waals surface area contributed by atoms with Crippen molar-refractivity contribution in [3.8, 4) is 5.75 Å². The van der Waals surface area contributed by atoms with Crippen LogP contribution in [-0.4, -0.2) is 12.5 Å². The molecule has 21 heavy (non-hydrogen) atoms. The number of amides is 1. The Kier molecular flexibility index (Phi) is 3.94. The molecule has 1 aliphatic rings. The van der Waals surface area contributed by atoms with E-state index < -0.39 is 0 Å². The first-order valence-electron chi connectivity index (χ1n) is 6.99. The van der Waals surface area contributed by atoms with Crippen LogP contribution in [0.15, 0.2) is 35.7 Å². The summed E-state index contributed by atoms with van der Waals surface area (Å²) in [6.07, 6.45) is 0. The number of ether oxygens (including phenoxy) is 1. The van der Waals surface area contributed by atoms with E-state index in [1.807, 2.05) is 18.2 Å². The number of nitrogens with one attached hydrogen (secondary N) is 2. The molecule has 5 heteroatoms. The minimum absolute atomic E-state index is 0.0928. The molecule has 0 aliphatic carbocycles. The summed E-state index contributed by atoms with van der Waals surface area (Å²) >= 11 is 1.75. The minimum atomic E-state index is -0.104. The highest BCUT2D eigenvalue weighted by molar-refractivity contribution is 7.10. The minimum Gasteiger partial charge on any atom is -0.482 e. The highest BCUT2D eigenvalue weighted by Crippen LogP contribution is 2.31. The third-order valence-electron chi connectivity index (χ3n) is 3.61. The van der Waals surface area contributed by atoms with Gasteiger partial charge in [-0.1, -0.05) is 12.1 Å². The third-order valence-corrected chi connectivity index (χ3v) is 4.66. The monoisotopic (exact) mass is 302 g/mol. The van der Waals surface area contributed by atoms with Crippen LogP contribution >= 0.6 is 11.3 Å². The Morgan fingerprint density at radius 2 is 2.14 bits per heavy atom. The standard InChI is InChI=1S/C16H18N2O2S/c1-10(17-11(2)15-4-3-7-21-15)12-5-6-14-13(8-12)18-16(19)9-20-14/h3-8,10-11,17H,9H2,1-2H3,(H,18,19)/t10?,11-/m1/s1. The van der Waals surface area contributed by atoms with E-state index in [-0.39, 0.29) is 18.6 Å². The summed E-state index contributed by atoms with van der Waals surface area (Å²) in [5.74, 6) is 0.629. The van der Waals surface area contributed by atoms with E-state index >= 15 is 0 Å². The van der Waals surface area contributed by atoms with E-state index in [9.17, 15) is 4.79 Å². The Labute approximate surface area is 128 Å². The van der Waals surface area contributed by atoms with Crippen molar-refractivity contribution in [3.63, 3.8) is 0 Å². The molecular weight excluding hydrogens is 284 g/mol. The lowest BCUT2D eigenvalue weighted by atomic mass is 10.1. The van der Waals surface area contributed by atoms with Crippen LogP contribution in [0.2, 0.25) is 0 Å². The molecule has 0 bridgehead atoms. The van der Waals surface area contributed by atoms with Gasteiger partial charge in [0.2, 0.25) is 0 Å². The van der Waals surface area contributed by atoms with Crippen molar-refractivity contribution < 1.29 is 9.53 Å². The van der Waals surface area contributed by atoms with Crippen molar-refractivity contribution in [2.45, 2.75) is 25.9 Å². The maximum atomic E-state index is 11.4. The van der Waals surface area contributed by atoms with Gasteiger partial charge >= 0.3 is 0 Å². The van der Waals surface area contributed by atoms with Crippen LogP contribution in [-0.2, 0) is 4.79 Å². The summed E-state index contributed by atoms with van der Waals surface area (Å²) in [5, 5.41) is 8.51. The zero-order chi connectivity index (χ0) is 14.8. The molecule has 4 nitrogen and oxygen atoms in total. The first-order chi connectivity index (χ1) is 10.1. The summed E-state index contributed by atoms with van der Waals surface area (Å²) in [6, 6.07) is 10.6. The molecule has 0 spiro atoms. The average molecular weight is 302 g/mol. The fourth-order valence-corrected chi connectivity index (χ4v) is 3.20. The number of benzene rings is 1. The molecule has 0 radical (unpaired) electrons. The molecule has 1 amide bonds. The molecule has 2 heterocycles. The molecular formula is C16H18N2O2S. The van der Waals surface area contributed by atoms with Crippen molar-refractivity contribution in [3.05, 3.63) is 46.2 Å². The maximum Gasteiger partial charge on any atom is 0.262 e. The summed E-state index contributed by atoms with van der Waals surface area (Å²) in [5.41, 5.74) is 1.88. The van der Waals surface area contributed by atoms with E-state index in [2.05, 4.69) is 42.0 Å². The fraction of sp³-hybridized carbons (Fsp3) is 0.312. The molecule has 110 valence electrons. The summed E-state index contributed by atoms with van der Waals surface area (Å²) < 4.78 is 5.38. The number of hydrogen-bond donors (Lipinski definition) is 2. The van der Waals surface area contributed by atoms with Crippen molar-refractivity contribution in [1.82, 2.24) is 5.32 Å². The highest BCUT2D eigenvalue weighted by atomic mass is 32.1. The average Bonchev–Trinajstić information content (AvgIpc) is 3.00. The van der Waals surface area contributed by atoms with E-state index in [0.29, 0.717) is 6.04 Å². The first-order valence-corrected chi connectivity index (χ1v) is 7.87. The molecule has 1 aliphatic heterocycles. The van der Waals surface area contributed by atoms with Gasteiger partial charge in [-0.3, -0.25) is 4.79 Å². The predicted molar refractivity (Wildman–Crippen MR) is 84.9 cm³/mol. The van der Waals surface area contributed by atoms with Crippen LogP contribution in [0.5, 0.6) is 5.75 Å². The molecule has 2 N–H and O–H groups in total. The highest BCUT2D eigenvalue weighted by Gasteiger charge is 2.18. The largest absolute Gasteiger partial charge is 0.482 e. The second-order valence-electron chi connectivity index (χ2n) is 5.22. The smallest absolute Gasteiger partial charge is 0.262 e.